The molecule has 0 bridgehead atoms. The van der Waals surface area contributed by atoms with Gasteiger partial charge in [0.25, 0.3) is 0 Å². The summed E-state index contributed by atoms with van der Waals surface area (Å²) in [6.07, 6.45) is 0.382. The molecule has 0 atom stereocenters. The fraction of sp³-hybridized carbons (Fsp3) is 0.400. The van der Waals surface area contributed by atoms with Crippen molar-refractivity contribution in [2.24, 2.45) is 0 Å². The second-order valence-corrected chi connectivity index (χ2v) is 5.26. The maximum atomic E-state index is 11.4. The molecule has 0 unspecified atom stereocenters. The number of hydrogen-bond acceptors (Lipinski definition) is 5. The van der Waals surface area contributed by atoms with Crippen molar-refractivity contribution in [1.82, 2.24) is 4.98 Å². The van der Waals surface area contributed by atoms with Gasteiger partial charge < -0.3 is 4.74 Å². The zero-order valence-corrected chi connectivity index (χ0v) is 11.6. The van der Waals surface area contributed by atoms with Gasteiger partial charge >= 0.3 is 11.8 Å². The number of nitrogens with zero attached hydrogens (tertiary/aromatic N) is 2. The van der Waals surface area contributed by atoms with E-state index in [1.165, 1.54) is 6.07 Å². The summed E-state index contributed by atoms with van der Waals surface area (Å²) < 4.78 is 5.25. The van der Waals surface area contributed by atoms with Crippen molar-refractivity contribution in [3.05, 3.63) is 26.9 Å². The van der Waals surface area contributed by atoms with E-state index in [-0.39, 0.29) is 16.0 Å². The Morgan fingerprint density at radius 3 is 2.61 bits per heavy atom. The van der Waals surface area contributed by atoms with Gasteiger partial charge in [-0.05, 0) is 36.7 Å². The van der Waals surface area contributed by atoms with Crippen molar-refractivity contribution < 1.29 is 14.5 Å². The summed E-state index contributed by atoms with van der Waals surface area (Å²) >= 11 is 3.03. The zero-order chi connectivity index (χ0) is 13.9. The topological polar surface area (TPSA) is 94.4 Å². The summed E-state index contributed by atoms with van der Waals surface area (Å²) in [4.78, 5) is 25.2. The third-order valence-corrected chi connectivity index (χ3v) is 2.29. The molecular weight excluding hydrogens is 306 g/mol. The highest BCUT2D eigenvalue weighted by molar-refractivity contribution is 9.10. The lowest BCUT2D eigenvalue weighted by Gasteiger charge is -2.19. The van der Waals surface area contributed by atoms with Crippen LogP contribution < -0.4 is 5.32 Å². The van der Waals surface area contributed by atoms with E-state index in [9.17, 15) is 14.9 Å². The van der Waals surface area contributed by atoms with E-state index < -0.39 is 16.6 Å². The van der Waals surface area contributed by atoms with E-state index in [0.29, 0.717) is 0 Å². The van der Waals surface area contributed by atoms with Gasteiger partial charge in [-0.25, -0.2) is 9.78 Å². The Morgan fingerprint density at radius 2 is 2.17 bits per heavy atom. The van der Waals surface area contributed by atoms with Crippen LogP contribution in [0.4, 0.5) is 16.3 Å². The molecule has 1 amide bonds. The third kappa shape index (κ3) is 4.28. The Labute approximate surface area is 112 Å². The van der Waals surface area contributed by atoms with Gasteiger partial charge in [0.15, 0.2) is 0 Å². The SMILES string of the molecule is CC(C)(C)OC(=O)Nc1cc(Br)c([N+](=O)[O-])cn1. The van der Waals surface area contributed by atoms with Crippen molar-refractivity contribution in [3.8, 4) is 0 Å². The number of ether oxygens (including phenoxy) is 1. The Hall–Kier alpha value is -1.70. The minimum atomic E-state index is -0.671. The van der Waals surface area contributed by atoms with Gasteiger partial charge in [0.05, 0.1) is 4.92 Å². The summed E-state index contributed by atoms with van der Waals surface area (Å²) in [5, 5.41) is 12.9. The number of hydrogen-bond donors (Lipinski definition) is 1. The Kier molecular flexibility index (Phi) is 4.23. The number of carbonyl (C=O) groups is 1. The van der Waals surface area contributed by atoms with E-state index in [0.717, 1.165) is 6.20 Å². The van der Waals surface area contributed by atoms with Crippen LogP contribution in [0.5, 0.6) is 0 Å². The lowest BCUT2D eigenvalue weighted by atomic mass is 10.2. The van der Waals surface area contributed by atoms with Crippen LogP contribution in [-0.4, -0.2) is 21.6 Å². The second kappa shape index (κ2) is 5.30. The molecule has 1 aromatic heterocycles. The molecular formula is C10H12BrN3O4. The summed E-state index contributed by atoms with van der Waals surface area (Å²) in [7, 11) is 0. The number of carbonyl (C=O) groups excluding carboxylic acids is 1. The molecule has 1 heterocycles. The van der Waals surface area contributed by atoms with Crippen LogP contribution in [0.2, 0.25) is 0 Å². The van der Waals surface area contributed by atoms with E-state index >= 15 is 0 Å². The second-order valence-electron chi connectivity index (χ2n) is 4.40. The number of aromatic nitrogens is 1. The maximum Gasteiger partial charge on any atom is 0.413 e. The summed E-state index contributed by atoms with van der Waals surface area (Å²) in [6, 6.07) is 1.34. The number of rotatable bonds is 2. The Morgan fingerprint density at radius 1 is 1.56 bits per heavy atom. The molecule has 0 fully saturated rings. The zero-order valence-electron chi connectivity index (χ0n) is 10.1. The molecule has 0 saturated carbocycles. The number of amides is 1. The van der Waals surface area contributed by atoms with Crippen LogP contribution >= 0.6 is 15.9 Å². The smallest absolute Gasteiger partial charge is 0.413 e. The van der Waals surface area contributed by atoms with Gasteiger partial charge in [-0.1, -0.05) is 0 Å². The average Bonchev–Trinajstić information content (AvgIpc) is 2.13. The monoisotopic (exact) mass is 317 g/mol. The number of pyridine rings is 1. The first-order chi connectivity index (χ1) is 8.19. The molecule has 18 heavy (non-hydrogen) atoms. The first kappa shape index (κ1) is 14.4. The van der Waals surface area contributed by atoms with Gasteiger partial charge in [0, 0.05) is 6.07 Å². The molecule has 0 aromatic carbocycles. The third-order valence-electron chi connectivity index (χ3n) is 1.66. The van der Waals surface area contributed by atoms with Crippen molar-refractivity contribution in [1.29, 1.82) is 0 Å². The van der Waals surface area contributed by atoms with Crippen LogP contribution in [0.15, 0.2) is 16.7 Å². The number of nitrogens with one attached hydrogen (secondary N) is 1. The molecule has 0 aliphatic carbocycles. The summed E-state index contributed by atoms with van der Waals surface area (Å²) in [5.41, 5.74) is -0.799. The Bertz CT molecular complexity index is 485. The van der Waals surface area contributed by atoms with Crippen molar-refractivity contribution in [3.63, 3.8) is 0 Å². The van der Waals surface area contributed by atoms with E-state index in [1.54, 1.807) is 20.8 Å². The molecule has 0 radical (unpaired) electrons. The molecule has 7 nitrogen and oxygen atoms in total. The van der Waals surface area contributed by atoms with Gasteiger partial charge in [-0.2, -0.15) is 0 Å². The lowest BCUT2D eigenvalue weighted by molar-refractivity contribution is -0.386. The Balaban J connectivity index is 2.78. The lowest BCUT2D eigenvalue weighted by Crippen LogP contribution is -2.27. The highest BCUT2D eigenvalue weighted by Gasteiger charge is 2.18. The highest BCUT2D eigenvalue weighted by Crippen LogP contribution is 2.25. The van der Waals surface area contributed by atoms with Crippen LogP contribution in [0.1, 0.15) is 20.8 Å². The number of nitro groups is 1. The quantitative estimate of drug-likeness (QED) is 0.668. The normalized spacial score (nSPS) is 10.9. The van der Waals surface area contributed by atoms with Crippen LogP contribution in [0, 0.1) is 10.1 Å². The molecule has 98 valence electrons. The van der Waals surface area contributed by atoms with E-state index in [4.69, 9.17) is 4.74 Å². The molecule has 1 N–H and O–H groups in total. The fourth-order valence-electron chi connectivity index (χ4n) is 1.03. The molecule has 0 saturated heterocycles. The maximum absolute atomic E-state index is 11.4. The summed E-state index contributed by atoms with van der Waals surface area (Å²) in [5.74, 6) is 0.168. The summed E-state index contributed by atoms with van der Waals surface area (Å²) in [6.45, 7) is 5.18. The van der Waals surface area contributed by atoms with Gasteiger partial charge in [0.2, 0.25) is 0 Å². The average molecular weight is 318 g/mol. The van der Waals surface area contributed by atoms with Gasteiger partial charge in [-0.3, -0.25) is 15.4 Å². The van der Waals surface area contributed by atoms with Crippen molar-refractivity contribution in [2.75, 3.05) is 5.32 Å². The van der Waals surface area contributed by atoms with Crippen LogP contribution in [0.25, 0.3) is 0 Å². The fourth-order valence-corrected chi connectivity index (χ4v) is 1.50. The molecule has 1 rings (SSSR count). The van der Waals surface area contributed by atoms with E-state index in [2.05, 4.69) is 26.2 Å². The van der Waals surface area contributed by atoms with Crippen LogP contribution in [0.3, 0.4) is 0 Å². The molecule has 1 aromatic rings. The van der Waals surface area contributed by atoms with Gasteiger partial charge in [0.1, 0.15) is 22.1 Å². The standard InChI is InChI=1S/C10H12BrN3O4/c1-10(2,3)18-9(15)13-8-4-6(11)7(5-12-8)14(16)17/h4-5H,1-3H3,(H,12,13,15). The highest BCUT2D eigenvalue weighted by atomic mass is 79.9. The van der Waals surface area contributed by atoms with E-state index in [1.807, 2.05) is 0 Å². The number of anilines is 1. The van der Waals surface area contributed by atoms with Crippen LogP contribution in [-0.2, 0) is 4.74 Å². The molecule has 0 aliphatic heterocycles. The molecule has 8 heteroatoms. The molecule has 0 spiro atoms. The largest absolute Gasteiger partial charge is 0.444 e. The predicted molar refractivity (Wildman–Crippen MR) is 68.4 cm³/mol. The minimum Gasteiger partial charge on any atom is -0.444 e. The van der Waals surface area contributed by atoms with Crippen molar-refractivity contribution in [2.45, 2.75) is 26.4 Å². The molecule has 0 aliphatic rings. The minimum absolute atomic E-state index is 0.168. The van der Waals surface area contributed by atoms with Crippen molar-refractivity contribution >= 4 is 33.5 Å². The first-order valence-corrected chi connectivity index (χ1v) is 5.78. The predicted octanol–water partition coefficient (Wildman–Crippen LogP) is 3.10. The number of halogens is 1. The van der Waals surface area contributed by atoms with Gasteiger partial charge in [-0.15, -0.1) is 0 Å². The first-order valence-electron chi connectivity index (χ1n) is 4.99.